The van der Waals surface area contributed by atoms with Crippen LogP contribution < -0.4 is 10.4 Å². The van der Waals surface area contributed by atoms with Gasteiger partial charge in [-0.15, -0.1) is 0 Å². The van der Waals surface area contributed by atoms with Crippen LogP contribution in [0.3, 0.4) is 0 Å². The highest BCUT2D eigenvalue weighted by Crippen LogP contribution is 2.48. The number of carbonyl (C=O) groups is 1. The van der Waals surface area contributed by atoms with E-state index in [1.807, 2.05) is 20.8 Å². The number of benzene rings is 2. The fraction of sp³-hybridized carbons (Fsp3) is 0.579. The SMILES string of the molecule is CCC(CC)CC1CC(c2onc(C(CCO[Si](c3ccccc3)(c3ccccc3)C(C)(C)C)CC(=O)OC(C)(C)C)c2I)C1. The van der Waals surface area contributed by atoms with Gasteiger partial charge in [0.1, 0.15) is 11.3 Å². The van der Waals surface area contributed by atoms with Crippen LogP contribution in [0.5, 0.6) is 0 Å². The van der Waals surface area contributed by atoms with Crippen LogP contribution in [0.25, 0.3) is 0 Å². The smallest absolute Gasteiger partial charge is 0.306 e. The van der Waals surface area contributed by atoms with Crippen LogP contribution in [0.2, 0.25) is 5.04 Å². The number of hydrogen-bond donors (Lipinski definition) is 0. The van der Waals surface area contributed by atoms with Crippen molar-refractivity contribution in [1.29, 1.82) is 0 Å². The molecule has 1 saturated carbocycles. The molecule has 0 aliphatic heterocycles. The van der Waals surface area contributed by atoms with Crippen molar-refractivity contribution in [3.8, 4) is 0 Å². The van der Waals surface area contributed by atoms with Crippen LogP contribution >= 0.6 is 22.6 Å². The van der Waals surface area contributed by atoms with E-state index in [4.69, 9.17) is 13.7 Å². The Morgan fingerprint density at radius 2 is 1.51 bits per heavy atom. The van der Waals surface area contributed by atoms with Crippen molar-refractivity contribution in [3.63, 3.8) is 0 Å². The monoisotopic (exact) mass is 743 g/mol. The van der Waals surface area contributed by atoms with Gasteiger partial charge in [0.15, 0.2) is 5.76 Å². The van der Waals surface area contributed by atoms with E-state index >= 15 is 0 Å². The Morgan fingerprint density at radius 1 is 0.956 bits per heavy atom. The highest BCUT2D eigenvalue weighted by Gasteiger charge is 2.50. The maximum absolute atomic E-state index is 13.2. The largest absolute Gasteiger partial charge is 0.460 e. The van der Waals surface area contributed by atoms with Crippen LogP contribution in [0.1, 0.15) is 124 Å². The molecule has 0 bridgehead atoms. The Bertz CT molecular complexity index is 1310. The third-order valence-corrected chi connectivity index (χ3v) is 15.7. The molecule has 0 radical (unpaired) electrons. The molecule has 0 N–H and O–H groups in total. The molecule has 2 aromatic carbocycles. The standard InChI is InChI=1S/C38H54INO4Si/c1-9-27(10-2)23-28-24-30(25-28)36-34(39)35(40-44-36)29(26-33(41)43-37(3,4)5)21-22-42-45(38(6,7)8,31-17-13-11-14-18-31)32-19-15-12-16-20-32/h11-20,27-30H,9-10,21-26H2,1-8H3. The molecule has 1 atom stereocenters. The average Bonchev–Trinajstić information content (AvgIpc) is 3.34. The summed E-state index contributed by atoms with van der Waals surface area (Å²) in [5.41, 5.74) is 0.316. The molecule has 7 heteroatoms. The average molecular weight is 744 g/mol. The molecule has 1 unspecified atom stereocenters. The van der Waals surface area contributed by atoms with Gasteiger partial charge in [0, 0.05) is 18.4 Å². The Labute approximate surface area is 286 Å². The van der Waals surface area contributed by atoms with Gasteiger partial charge in [0.05, 0.1) is 9.99 Å². The zero-order valence-electron chi connectivity index (χ0n) is 28.7. The van der Waals surface area contributed by atoms with Crippen LogP contribution in [0, 0.1) is 15.4 Å². The van der Waals surface area contributed by atoms with Gasteiger partial charge < -0.3 is 13.7 Å². The second-order valence-electron chi connectivity index (χ2n) is 15.0. The van der Waals surface area contributed by atoms with Crippen LogP contribution in [-0.2, 0) is 14.0 Å². The minimum Gasteiger partial charge on any atom is -0.460 e. The highest BCUT2D eigenvalue weighted by atomic mass is 127. The Morgan fingerprint density at radius 3 is 2.00 bits per heavy atom. The first-order valence-electron chi connectivity index (χ1n) is 16.9. The van der Waals surface area contributed by atoms with Crippen molar-refractivity contribution in [3.05, 3.63) is 75.7 Å². The number of aromatic nitrogens is 1. The summed E-state index contributed by atoms with van der Waals surface area (Å²) in [4.78, 5) is 13.2. The molecule has 45 heavy (non-hydrogen) atoms. The topological polar surface area (TPSA) is 61.6 Å². The number of ether oxygens (including phenoxy) is 1. The fourth-order valence-corrected chi connectivity index (χ4v) is 12.7. The molecule has 4 rings (SSSR count). The van der Waals surface area contributed by atoms with E-state index in [2.05, 4.69) is 123 Å². The summed E-state index contributed by atoms with van der Waals surface area (Å²) in [5.74, 6) is 2.60. The first kappa shape index (κ1) is 35.9. The fourth-order valence-electron chi connectivity index (χ4n) is 7.08. The minimum absolute atomic E-state index is 0.124. The Hall–Kier alpha value is -1.97. The molecule has 1 aliphatic rings. The van der Waals surface area contributed by atoms with Gasteiger partial charge >= 0.3 is 5.97 Å². The molecule has 5 nitrogen and oxygen atoms in total. The van der Waals surface area contributed by atoms with Crippen LogP contribution in [0.15, 0.2) is 65.2 Å². The normalized spacial score (nSPS) is 18.1. The number of esters is 1. The second-order valence-corrected chi connectivity index (χ2v) is 20.4. The van der Waals surface area contributed by atoms with Crippen LogP contribution in [0.4, 0.5) is 0 Å². The highest BCUT2D eigenvalue weighted by molar-refractivity contribution is 14.1. The van der Waals surface area contributed by atoms with Gasteiger partial charge in [-0.3, -0.25) is 4.79 Å². The van der Waals surface area contributed by atoms with Crippen molar-refractivity contribution in [2.45, 2.75) is 123 Å². The molecule has 0 saturated heterocycles. The third kappa shape index (κ3) is 8.69. The molecule has 0 amide bonds. The summed E-state index contributed by atoms with van der Waals surface area (Å²) in [7, 11) is -2.71. The summed E-state index contributed by atoms with van der Waals surface area (Å²) in [6, 6.07) is 21.4. The van der Waals surface area contributed by atoms with Gasteiger partial charge in [-0.05, 0) is 96.3 Å². The molecule has 1 heterocycles. The first-order chi connectivity index (χ1) is 21.3. The third-order valence-electron chi connectivity index (χ3n) is 9.53. The summed E-state index contributed by atoms with van der Waals surface area (Å²) >= 11 is 2.41. The number of nitrogens with zero attached hydrogens (tertiary/aromatic N) is 1. The maximum Gasteiger partial charge on any atom is 0.306 e. The maximum atomic E-state index is 13.2. The predicted octanol–water partition coefficient (Wildman–Crippen LogP) is 9.38. The quantitative estimate of drug-likeness (QED) is 0.0936. The van der Waals surface area contributed by atoms with E-state index in [1.54, 1.807) is 0 Å². The van der Waals surface area contributed by atoms with Crippen molar-refractivity contribution < 1.29 is 18.5 Å². The molecule has 0 spiro atoms. The number of carbonyl (C=O) groups excluding carboxylic acids is 1. The Balaban J connectivity index is 1.59. The van der Waals surface area contributed by atoms with Crippen LogP contribution in [-0.4, -0.2) is 31.7 Å². The lowest BCUT2D eigenvalue weighted by Gasteiger charge is -2.43. The molecular formula is C38H54INO4Si. The van der Waals surface area contributed by atoms with Gasteiger partial charge in [-0.1, -0.05) is 113 Å². The molecule has 1 aliphatic carbocycles. The lowest BCUT2D eigenvalue weighted by molar-refractivity contribution is -0.155. The van der Waals surface area contributed by atoms with E-state index < -0.39 is 13.9 Å². The molecular weight excluding hydrogens is 689 g/mol. The lowest BCUT2D eigenvalue weighted by atomic mass is 9.69. The molecule has 246 valence electrons. The van der Waals surface area contributed by atoms with Crippen molar-refractivity contribution in [2.24, 2.45) is 11.8 Å². The number of halogens is 1. The summed E-state index contributed by atoms with van der Waals surface area (Å²) in [5, 5.41) is 7.01. The van der Waals surface area contributed by atoms with E-state index in [1.165, 1.54) is 29.6 Å². The molecule has 1 aromatic heterocycles. The van der Waals surface area contributed by atoms with E-state index in [9.17, 15) is 4.79 Å². The molecule has 1 fully saturated rings. The van der Waals surface area contributed by atoms with E-state index in [0.29, 0.717) is 18.9 Å². The van der Waals surface area contributed by atoms with Crippen molar-refractivity contribution in [1.82, 2.24) is 5.16 Å². The number of rotatable bonds is 14. The zero-order valence-corrected chi connectivity index (χ0v) is 31.9. The summed E-state index contributed by atoms with van der Waals surface area (Å²) in [6.45, 7) is 17.7. The van der Waals surface area contributed by atoms with E-state index in [-0.39, 0.29) is 23.3 Å². The molecule has 3 aromatic rings. The van der Waals surface area contributed by atoms with Gasteiger partial charge in [0.25, 0.3) is 8.32 Å². The van der Waals surface area contributed by atoms with Crippen molar-refractivity contribution in [2.75, 3.05) is 6.61 Å². The van der Waals surface area contributed by atoms with Gasteiger partial charge in [-0.25, -0.2) is 0 Å². The zero-order chi connectivity index (χ0) is 32.8. The summed E-state index contributed by atoms with van der Waals surface area (Å²) < 4.78 is 20.2. The van der Waals surface area contributed by atoms with Gasteiger partial charge in [-0.2, -0.15) is 0 Å². The first-order valence-corrected chi connectivity index (χ1v) is 19.9. The van der Waals surface area contributed by atoms with E-state index in [0.717, 1.165) is 39.7 Å². The van der Waals surface area contributed by atoms with Crippen molar-refractivity contribution >= 4 is 47.3 Å². The van der Waals surface area contributed by atoms with Gasteiger partial charge in [0.2, 0.25) is 0 Å². The second kappa shape index (κ2) is 15.3. The lowest BCUT2D eigenvalue weighted by Crippen LogP contribution is -2.66. The number of hydrogen-bond acceptors (Lipinski definition) is 5. The summed E-state index contributed by atoms with van der Waals surface area (Å²) in [6.07, 6.45) is 7.03. The Kier molecular flexibility index (Phi) is 12.2. The predicted molar refractivity (Wildman–Crippen MR) is 195 cm³/mol. The minimum atomic E-state index is -2.71.